The number of hydrazine groups is 1. The molecule has 2 aromatic rings. The maximum absolute atomic E-state index is 12.3. The molecular formula is C17H18ClN5O2. The summed E-state index contributed by atoms with van der Waals surface area (Å²) in [6.07, 6.45) is 6.36. The van der Waals surface area contributed by atoms with E-state index < -0.39 is 5.91 Å². The van der Waals surface area contributed by atoms with Crippen molar-refractivity contribution in [3.05, 3.63) is 53.4 Å². The molecule has 0 aliphatic carbocycles. The van der Waals surface area contributed by atoms with Crippen molar-refractivity contribution in [3.63, 3.8) is 0 Å². The predicted octanol–water partition coefficient (Wildman–Crippen LogP) is 1.81. The van der Waals surface area contributed by atoms with Crippen molar-refractivity contribution in [2.24, 2.45) is 5.92 Å². The Bertz CT molecular complexity index is 748. The van der Waals surface area contributed by atoms with Crippen LogP contribution in [-0.2, 0) is 4.79 Å². The van der Waals surface area contributed by atoms with Crippen LogP contribution in [0.5, 0.6) is 0 Å². The first kappa shape index (κ1) is 17.2. The standard InChI is InChI=1S/C17H18ClN5O2/c18-14-4-2-1-3-13(14)17(25)22-21-16(24)12-5-9-23(10-6-12)15-11-19-7-8-20-15/h1-4,7-8,11-12H,5-6,9-10H2,(H,21,24)(H,22,25). The first-order valence-electron chi connectivity index (χ1n) is 8.01. The first-order chi connectivity index (χ1) is 12.1. The van der Waals surface area contributed by atoms with E-state index in [1.807, 2.05) is 0 Å². The third-order valence-corrected chi connectivity index (χ3v) is 4.49. The molecule has 1 aliphatic rings. The van der Waals surface area contributed by atoms with Crippen LogP contribution in [0.4, 0.5) is 5.82 Å². The normalized spacial score (nSPS) is 14.8. The van der Waals surface area contributed by atoms with Gasteiger partial charge in [0, 0.05) is 31.4 Å². The lowest BCUT2D eigenvalue weighted by atomic mass is 9.96. The van der Waals surface area contributed by atoms with E-state index in [9.17, 15) is 9.59 Å². The summed E-state index contributed by atoms with van der Waals surface area (Å²) in [7, 11) is 0. The van der Waals surface area contributed by atoms with Crippen molar-refractivity contribution in [3.8, 4) is 0 Å². The van der Waals surface area contributed by atoms with Crippen molar-refractivity contribution in [1.82, 2.24) is 20.8 Å². The van der Waals surface area contributed by atoms with Gasteiger partial charge in [-0.1, -0.05) is 23.7 Å². The lowest BCUT2D eigenvalue weighted by Gasteiger charge is -2.31. The van der Waals surface area contributed by atoms with E-state index in [1.165, 1.54) is 0 Å². The van der Waals surface area contributed by atoms with Gasteiger partial charge in [0.05, 0.1) is 16.8 Å². The van der Waals surface area contributed by atoms with Crippen LogP contribution in [0.1, 0.15) is 23.2 Å². The Labute approximate surface area is 150 Å². The molecule has 1 fully saturated rings. The summed E-state index contributed by atoms with van der Waals surface area (Å²) in [5.41, 5.74) is 5.23. The van der Waals surface area contributed by atoms with E-state index in [-0.39, 0.29) is 11.8 Å². The molecule has 0 unspecified atom stereocenters. The van der Waals surface area contributed by atoms with E-state index in [4.69, 9.17) is 11.6 Å². The summed E-state index contributed by atoms with van der Waals surface area (Å²) >= 11 is 5.97. The second-order valence-electron chi connectivity index (χ2n) is 5.75. The molecule has 0 radical (unpaired) electrons. The number of amides is 2. The average Bonchev–Trinajstić information content (AvgIpc) is 2.67. The molecule has 2 amide bonds. The minimum atomic E-state index is -0.434. The Balaban J connectivity index is 1.48. The zero-order valence-corrected chi connectivity index (χ0v) is 14.2. The van der Waals surface area contributed by atoms with E-state index in [0.29, 0.717) is 23.4 Å². The van der Waals surface area contributed by atoms with Gasteiger partial charge in [-0.2, -0.15) is 0 Å². The van der Waals surface area contributed by atoms with Crippen molar-refractivity contribution in [2.75, 3.05) is 18.0 Å². The van der Waals surface area contributed by atoms with Crippen molar-refractivity contribution in [2.45, 2.75) is 12.8 Å². The lowest BCUT2D eigenvalue weighted by Crippen LogP contribution is -2.47. The Morgan fingerprint density at radius 1 is 1.12 bits per heavy atom. The van der Waals surface area contributed by atoms with Crippen LogP contribution in [0.3, 0.4) is 0 Å². The highest BCUT2D eigenvalue weighted by Crippen LogP contribution is 2.21. The minimum absolute atomic E-state index is 0.153. The highest BCUT2D eigenvalue weighted by molar-refractivity contribution is 6.33. The third kappa shape index (κ3) is 4.24. The smallest absolute Gasteiger partial charge is 0.271 e. The van der Waals surface area contributed by atoms with Gasteiger partial charge in [-0.15, -0.1) is 0 Å². The summed E-state index contributed by atoms with van der Waals surface area (Å²) < 4.78 is 0. The van der Waals surface area contributed by atoms with Crippen molar-refractivity contribution >= 4 is 29.2 Å². The molecule has 8 heteroatoms. The SMILES string of the molecule is O=C(NNC(=O)C1CCN(c2cnccn2)CC1)c1ccccc1Cl. The number of carbonyl (C=O) groups is 2. The summed E-state index contributed by atoms with van der Waals surface area (Å²) in [6.45, 7) is 1.43. The Morgan fingerprint density at radius 3 is 2.56 bits per heavy atom. The van der Waals surface area contributed by atoms with Gasteiger partial charge in [0.1, 0.15) is 5.82 Å². The fourth-order valence-corrected chi connectivity index (χ4v) is 2.98. The summed E-state index contributed by atoms with van der Waals surface area (Å²) in [6, 6.07) is 6.68. The Hall–Kier alpha value is -2.67. The van der Waals surface area contributed by atoms with E-state index in [0.717, 1.165) is 18.9 Å². The molecule has 130 valence electrons. The molecule has 1 aromatic heterocycles. The van der Waals surface area contributed by atoms with Crippen LogP contribution < -0.4 is 15.8 Å². The second kappa shape index (κ2) is 7.94. The van der Waals surface area contributed by atoms with Crippen LogP contribution >= 0.6 is 11.6 Å². The first-order valence-corrected chi connectivity index (χ1v) is 8.38. The fraction of sp³-hybridized carbons (Fsp3) is 0.294. The molecular weight excluding hydrogens is 342 g/mol. The minimum Gasteiger partial charge on any atom is -0.355 e. The van der Waals surface area contributed by atoms with Gasteiger partial charge in [0.25, 0.3) is 5.91 Å². The van der Waals surface area contributed by atoms with Crippen LogP contribution in [0, 0.1) is 5.92 Å². The van der Waals surface area contributed by atoms with Gasteiger partial charge in [-0.3, -0.25) is 25.4 Å². The quantitative estimate of drug-likeness (QED) is 0.816. The number of nitrogens with zero attached hydrogens (tertiary/aromatic N) is 3. The zero-order valence-electron chi connectivity index (χ0n) is 13.5. The maximum atomic E-state index is 12.3. The fourth-order valence-electron chi connectivity index (χ4n) is 2.76. The monoisotopic (exact) mass is 359 g/mol. The number of aromatic nitrogens is 2. The van der Waals surface area contributed by atoms with Gasteiger partial charge in [-0.25, -0.2) is 4.98 Å². The summed E-state index contributed by atoms with van der Waals surface area (Å²) in [4.78, 5) is 34.7. The number of nitrogens with one attached hydrogen (secondary N) is 2. The number of piperidine rings is 1. The van der Waals surface area contributed by atoms with Crippen LogP contribution in [0.2, 0.25) is 5.02 Å². The highest BCUT2D eigenvalue weighted by Gasteiger charge is 2.26. The molecule has 0 bridgehead atoms. The van der Waals surface area contributed by atoms with E-state index in [1.54, 1.807) is 42.9 Å². The van der Waals surface area contributed by atoms with Gasteiger partial charge in [0.2, 0.25) is 5.91 Å². The lowest BCUT2D eigenvalue weighted by molar-refractivity contribution is -0.126. The molecule has 2 heterocycles. The molecule has 2 N–H and O–H groups in total. The largest absolute Gasteiger partial charge is 0.355 e. The zero-order chi connectivity index (χ0) is 17.6. The molecule has 7 nitrogen and oxygen atoms in total. The maximum Gasteiger partial charge on any atom is 0.271 e. The highest BCUT2D eigenvalue weighted by atomic mass is 35.5. The molecule has 1 aliphatic heterocycles. The number of rotatable bonds is 3. The molecule has 25 heavy (non-hydrogen) atoms. The number of halogens is 1. The predicted molar refractivity (Wildman–Crippen MR) is 94.0 cm³/mol. The number of anilines is 1. The topological polar surface area (TPSA) is 87.2 Å². The van der Waals surface area contributed by atoms with E-state index in [2.05, 4.69) is 25.7 Å². The summed E-state index contributed by atoms with van der Waals surface area (Å²) in [5.74, 6) is 0.0305. The molecule has 1 saturated heterocycles. The van der Waals surface area contributed by atoms with E-state index >= 15 is 0 Å². The molecule has 0 saturated carbocycles. The van der Waals surface area contributed by atoms with Crippen LogP contribution in [0.25, 0.3) is 0 Å². The van der Waals surface area contributed by atoms with Crippen molar-refractivity contribution < 1.29 is 9.59 Å². The average molecular weight is 360 g/mol. The van der Waals surface area contributed by atoms with Gasteiger partial charge in [0.15, 0.2) is 0 Å². The molecule has 0 atom stereocenters. The molecule has 3 rings (SSSR count). The number of hydrogen-bond acceptors (Lipinski definition) is 5. The third-order valence-electron chi connectivity index (χ3n) is 4.16. The Morgan fingerprint density at radius 2 is 1.88 bits per heavy atom. The second-order valence-corrected chi connectivity index (χ2v) is 6.16. The summed E-state index contributed by atoms with van der Waals surface area (Å²) in [5, 5.41) is 0.339. The van der Waals surface area contributed by atoms with Crippen LogP contribution in [0.15, 0.2) is 42.9 Å². The van der Waals surface area contributed by atoms with Crippen molar-refractivity contribution in [1.29, 1.82) is 0 Å². The van der Waals surface area contributed by atoms with Gasteiger partial charge in [-0.05, 0) is 25.0 Å². The number of benzene rings is 1. The van der Waals surface area contributed by atoms with Gasteiger partial charge >= 0.3 is 0 Å². The molecule has 0 spiro atoms. The van der Waals surface area contributed by atoms with Crippen LogP contribution in [-0.4, -0.2) is 34.9 Å². The van der Waals surface area contributed by atoms with Gasteiger partial charge < -0.3 is 4.90 Å². The Kier molecular flexibility index (Phi) is 5.45. The molecule has 1 aromatic carbocycles. The number of carbonyl (C=O) groups excluding carboxylic acids is 2. The number of hydrogen-bond donors (Lipinski definition) is 2.